The van der Waals surface area contributed by atoms with E-state index >= 15 is 0 Å². The molecule has 0 saturated heterocycles. The van der Waals surface area contributed by atoms with Gasteiger partial charge in [-0.2, -0.15) is 0 Å². The topological polar surface area (TPSA) is 33.2 Å². The lowest BCUT2D eigenvalue weighted by Crippen LogP contribution is -2.35. The maximum atomic E-state index is 11.4. The summed E-state index contributed by atoms with van der Waals surface area (Å²) in [6, 6.07) is 2.10. The second kappa shape index (κ2) is 3.85. The number of hydrogen-bond acceptors (Lipinski definition) is 2. The lowest BCUT2D eigenvalue weighted by Gasteiger charge is -2.27. The van der Waals surface area contributed by atoms with Crippen LogP contribution >= 0.6 is 0 Å². The van der Waals surface area contributed by atoms with Crippen molar-refractivity contribution in [2.75, 3.05) is 6.54 Å². The summed E-state index contributed by atoms with van der Waals surface area (Å²) < 4.78 is 0. The Hall–Kier alpha value is -1.64. The van der Waals surface area contributed by atoms with E-state index in [9.17, 15) is 4.79 Å². The quantitative estimate of drug-likeness (QED) is 0.646. The molecule has 1 aliphatic rings. The number of hydrogen-bond donors (Lipinski definition) is 0. The van der Waals surface area contributed by atoms with Crippen LogP contribution in [0.1, 0.15) is 16.8 Å². The van der Waals surface area contributed by atoms with Gasteiger partial charge in [-0.25, -0.2) is 0 Å². The Morgan fingerprint density at radius 3 is 3.20 bits per heavy atom. The summed E-state index contributed by atoms with van der Waals surface area (Å²) >= 11 is 0. The van der Waals surface area contributed by atoms with Gasteiger partial charge in [-0.1, -0.05) is 12.6 Å². The van der Waals surface area contributed by atoms with E-state index in [4.69, 9.17) is 0 Å². The predicted octanol–water partition coefficient (Wildman–Crippen LogP) is 1.46. The van der Waals surface area contributed by atoms with Crippen molar-refractivity contribution in [3.63, 3.8) is 0 Å². The molecule has 0 aliphatic carbocycles. The highest BCUT2D eigenvalue weighted by Gasteiger charge is 2.19. The lowest BCUT2D eigenvalue weighted by molar-refractivity contribution is -0.126. The highest BCUT2D eigenvalue weighted by atomic mass is 16.2. The minimum absolute atomic E-state index is 0.00200. The fraction of sp³-hybridized carbons (Fsp3) is 0.333. The average Bonchev–Trinajstić information content (AvgIpc) is 2.27. The van der Waals surface area contributed by atoms with Crippen molar-refractivity contribution in [1.29, 1.82) is 0 Å². The summed E-state index contributed by atoms with van der Waals surface area (Å²) in [7, 11) is 0. The van der Waals surface area contributed by atoms with Crippen molar-refractivity contribution in [3.8, 4) is 0 Å². The Morgan fingerprint density at radius 1 is 1.67 bits per heavy atom. The molecule has 0 atom stereocenters. The van der Waals surface area contributed by atoms with E-state index in [1.54, 1.807) is 4.90 Å². The molecule has 1 aliphatic heterocycles. The van der Waals surface area contributed by atoms with E-state index in [2.05, 4.69) is 17.6 Å². The van der Waals surface area contributed by atoms with Crippen LogP contribution < -0.4 is 0 Å². The molecule has 15 heavy (non-hydrogen) atoms. The molecule has 2 rings (SSSR count). The molecule has 0 radical (unpaired) electrons. The number of carbonyl (C=O) groups excluding carboxylic acids is 1. The van der Waals surface area contributed by atoms with Crippen LogP contribution in [-0.2, 0) is 17.8 Å². The molecular weight excluding hydrogens is 188 g/mol. The van der Waals surface area contributed by atoms with E-state index in [1.165, 1.54) is 6.08 Å². The Bertz CT molecular complexity index is 412. The summed E-state index contributed by atoms with van der Waals surface area (Å²) in [5.41, 5.74) is 3.42. The number of nitrogens with zero attached hydrogens (tertiary/aromatic N) is 2. The van der Waals surface area contributed by atoms with Gasteiger partial charge in [-0.05, 0) is 24.1 Å². The number of fused-ring (bicyclic) bond motifs is 1. The summed E-state index contributed by atoms with van der Waals surface area (Å²) in [6.07, 6.45) is 4.09. The van der Waals surface area contributed by atoms with Crippen molar-refractivity contribution in [2.45, 2.75) is 19.9 Å². The predicted molar refractivity (Wildman–Crippen MR) is 58.3 cm³/mol. The van der Waals surface area contributed by atoms with Crippen LogP contribution in [0.4, 0.5) is 0 Å². The Morgan fingerprint density at radius 2 is 2.47 bits per heavy atom. The Labute approximate surface area is 89.4 Å². The van der Waals surface area contributed by atoms with Crippen LogP contribution in [0.25, 0.3) is 0 Å². The first-order chi connectivity index (χ1) is 7.20. The molecule has 1 amide bonds. The summed E-state index contributed by atoms with van der Waals surface area (Å²) in [5.74, 6) is 0.00200. The van der Waals surface area contributed by atoms with Gasteiger partial charge in [0.25, 0.3) is 0 Å². The highest BCUT2D eigenvalue weighted by Crippen LogP contribution is 2.17. The molecule has 0 saturated carbocycles. The van der Waals surface area contributed by atoms with Crippen LogP contribution in [0, 0.1) is 6.92 Å². The molecule has 1 aromatic rings. The van der Waals surface area contributed by atoms with Crippen molar-refractivity contribution < 1.29 is 4.79 Å². The molecule has 0 bridgehead atoms. The van der Waals surface area contributed by atoms with Gasteiger partial charge in [0.1, 0.15) is 0 Å². The fourth-order valence-electron chi connectivity index (χ4n) is 1.86. The van der Waals surface area contributed by atoms with E-state index in [0.717, 1.165) is 29.8 Å². The van der Waals surface area contributed by atoms with Crippen LogP contribution in [0.3, 0.4) is 0 Å². The normalized spacial score (nSPS) is 14.6. The third-order valence-electron chi connectivity index (χ3n) is 2.66. The Balaban J connectivity index is 2.25. The molecular formula is C12H14N2O. The molecule has 0 unspecified atom stereocenters. The van der Waals surface area contributed by atoms with Gasteiger partial charge < -0.3 is 4.90 Å². The van der Waals surface area contributed by atoms with Crippen molar-refractivity contribution >= 4 is 5.91 Å². The zero-order valence-electron chi connectivity index (χ0n) is 8.86. The molecule has 1 aromatic heterocycles. The van der Waals surface area contributed by atoms with Gasteiger partial charge in [-0.3, -0.25) is 9.78 Å². The SMILES string of the molecule is C=CC(=O)N1CCc2ncc(C)cc2C1. The van der Waals surface area contributed by atoms with E-state index < -0.39 is 0 Å². The van der Waals surface area contributed by atoms with Crippen LogP contribution in [-0.4, -0.2) is 22.3 Å². The molecule has 78 valence electrons. The standard InChI is InChI=1S/C12H14N2O/c1-3-12(15)14-5-4-11-10(8-14)6-9(2)7-13-11/h3,6-7H,1,4-5,8H2,2H3. The molecule has 0 N–H and O–H groups in total. The largest absolute Gasteiger partial charge is 0.334 e. The number of aryl methyl sites for hydroxylation is 1. The van der Waals surface area contributed by atoms with Crippen LogP contribution in [0.5, 0.6) is 0 Å². The monoisotopic (exact) mass is 202 g/mol. The van der Waals surface area contributed by atoms with E-state index in [0.29, 0.717) is 6.54 Å². The zero-order valence-corrected chi connectivity index (χ0v) is 8.86. The molecule has 0 spiro atoms. The maximum absolute atomic E-state index is 11.4. The number of amides is 1. The number of pyridine rings is 1. The fourth-order valence-corrected chi connectivity index (χ4v) is 1.86. The Kier molecular flexibility index (Phi) is 2.54. The van der Waals surface area contributed by atoms with Gasteiger partial charge in [-0.15, -0.1) is 0 Å². The number of carbonyl (C=O) groups is 1. The molecule has 3 nitrogen and oxygen atoms in total. The number of aromatic nitrogens is 1. The number of rotatable bonds is 1. The minimum Gasteiger partial charge on any atom is -0.334 e. The van der Waals surface area contributed by atoms with Gasteiger partial charge >= 0.3 is 0 Å². The molecule has 3 heteroatoms. The molecule has 0 aromatic carbocycles. The van der Waals surface area contributed by atoms with Gasteiger partial charge in [0, 0.05) is 31.4 Å². The summed E-state index contributed by atoms with van der Waals surface area (Å²) in [5, 5.41) is 0. The molecule has 2 heterocycles. The van der Waals surface area contributed by atoms with E-state index in [1.807, 2.05) is 13.1 Å². The first-order valence-electron chi connectivity index (χ1n) is 5.06. The lowest BCUT2D eigenvalue weighted by atomic mass is 10.0. The van der Waals surface area contributed by atoms with Crippen LogP contribution in [0.2, 0.25) is 0 Å². The minimum atomic E-state index is 0.00200. The first kappa shape index (κ1) is 9.90. The van der Waals surface area contributed by atoms with Crippen molar-refractivity contribution in [2.24, 2.45) is 0 Å². The van der Waals surface area contributed by atoms with Gasteiger partial charge in [0.05, 0.1) is 0 Å². The van der Waals surface area contributed by atoms with Gasteiger partial charge in [0.15, 0.2) is 0 Å². The average molecular weight is 202 g/mol. The third-order valence-corrected chi connectivity index (χ3v) is 2.66. The van der Waals surface area contributed by atoms with E-state index in [-0.39, 0.29) is 5.91 Å². The van der Waals surface area contributed by atoms with Crippen molar-refractivity contribution in [3.05, 3.63) is 41.7 Å². The second-order valence-corrected chi connectivity index (χ2v) is 3.83. The van der Waals surface area contributed by atoms with Gasteiger partial charge in [0.2, 0.25) is 5.91 Å². The van der Waals surface area contributed by atoms with Crippen molar-refractivity contribution in [1.82, 2.24) is 9.88 Å². The summed E-state index contributed by atoms with van der Waals surface area (Å²) in [6.45, 7) is 6.92. The molecule has 0 fully saturated rings. The van der Waals surface area contributed by atoms with Crippen LogP contribution in [0.15, 0.2) is 24.9 Å². The highest BCUT2D eigenvalue weighted by molar-refractivity contribution is 5.87. The smallest absolute Gasteiger partial charge is 0.246 e. The second-order valence-electron chi connectivity index (χ2n) is 3.83. The summed E-state index contributed by atoms with van der Waals surface area (Å²) in [4.78, 5) is 17.6. The zero-order chi connectivity index (χ0) is 10.8. The maximum Gasteiger partial charge on any atom is 0.246 e. The third kappa shape index (κ3) is 1.91. The first-order valence-corrected chi connectivity index (χ1v) is 5.06.